The molecule has 0 amide bonds. The molecule has 1 aromatic carbocycles. The molecular weight excluding hydrogens is 378 g/mol. The molecular formula is C21H20ClN3OS. The van der Waals surface area contributed by atoms with Gasteiger partial charge in [0, 0.05) is 23.1 Å². The number of aryl methyl sites for hydroxylation is 1. The molecule has 3 heterocycles. The Morgan fingerprint density at radius 3 is 2.85 bits per heavy atom. The number of anilines is 1. The zero-order chi connectivity index (χ0) is 18.8. The summed E-state index contributed by atoms with van der Waals surface area (Å²) in [5.74, 6) is 1.84. The Morgan fingerprint density at radius 1 is 1.19 bits per heavy atom. The maximum absolute atomic E-state index is 6.06. The van der Waals surface area contributed by atoms with Gasteiger partial charge in [0.05, 0.1) is 12.2 Å². The predicted octanol–water partition coefficient (Wildman–Crippen LogP) is 5.57. The Hall–Kier alpha value is -2.50. The van der Waals surface area contributed by atoms with Gasteiger partial charge in [-0.1, -0.05) is 29.8 Å². The van der Waals surface area contributed by atoms with Crippen LogP contribution in [0, 0.1) is 6.92 Å². The van der Waals surface area contributed by atoms with Crippen molar-refractivity contribution in [1.29, 1.82) is 0 Å². The van der Waals surface area contributed by atoms with Crippen LogP contribution in [0.3, 0.4) is 0 Å². The van der Waals surface area contributed by atoms with Crippen LogP contribution in [0.2, 0.25) is 5.02 Å². The SMILES string of the molecule is Cc1nc2c(OCc3cccc(Cl)c3)cccn2c1N(C)Cc1cccs1. The highest BCUT2D eigenvalue weighted by molar-refractivity contribution is 7.09. The Labute approximate surface area is 167 Å². The Morgan fingerprint density at radius 2 is 2.07 bits per heavy atom. The Kier molecular flexibility index (Phi) is 5.05. The van der Waals surface area contributed by atoms with E-state index in [-0.39, 0.29) is 0 Å². The summed E-state index contributed by atoms with van der Waals surface area (Å²) in [5.41, 5.74) is 2.83. The summed E-state index contributed by atoms with van der Waals surface area (Å²) in [5, 5.41) is 2.82. The average Bonchev–Trinajstić information content (AvgIpc) is 3.26. The first-order valence-corrected chi connectivity index (χ1v) is 9.96. The van der Waals surface area contributed by atoms with Crippen molar-refractivity contribution in [3.8, 4) is 5.75 Å². The number of ether oxygens (including phenoxy) is 1. The summed E-state index contributed by atoms with van der Waals surface area (Å²) in [4.78, 5) is 8.31. The van der Waals surface area contributed by atoms with Crippen LogP contribution >= 0.6 is 22.9 Å². The molecule has 4 rings (SSSR count). The van der Waals surface area contributed by atoms with Gasteiger partial charge in [-0.3, -0.25) is 4.40 Å². The van der Waals surface area contributed by atoms with E-state index in [2.05, 4.69) is 33.9 Å². The van der Waals surface area contributed by atoms with Gasteiger partial charge in [0.25, 0.3) is 0 Å². The van der Waals surface area contributed by atoms with E-state index in [0.717, 1.165) is 35.0 Å². The quantitative estimate of drug-likeness (QED) is 0.425. The first-order chi connectivity index (χ1) is 13.1. The molecule has 0 unspecified atom stereocenters. The molecule has 0 radical (unpaired) electrons. The maximum atomic E-state index is 6.06. The second kappa shape index (κ2) is 7.62. The number of nitrogens with zero attached hydrogens (tertiary/aromatic N) is 3. The molecule has 6 heteroatoms. The van der Waals surface area contributed by atoms with Crippen molar-refractivity contribution in [2.24, 2.45) is 0 Å². The number of pyridine rings is 1. The van der Waals surface area contributed by atoms with E-state index in [9.17, 15) is 0 Å². The van der Waals surface area contributed by atoms with Gasteiger partial charge in [0.15, 0.2) is 11.4 Å². The zero-order valence-corrected chi connectivity index (χ0v) is 16.8. The number of rotatable bonds is 6. The third-order valence-electron chi connectivity index (χ3n) is 4.37. The van der Waals surface area contributed by atoms with Crippen molar-refractivity contribution in [2.75, 3.05) is 11.9 Å². The van der Waals surface area contributed by atoms with Gasteiger partial charge in [-0.05, 0) is 48.2 Å². The standard InChI is InChI=1S/C21H20ClN3OS/c1-15-21(24(2)13-18-8-5-11-27-18)25-10-4-9-19(20(25)23-15)26-14-16-6-3-7-17(22)12-16/h3-12H,13-14H2,1-2H3. The summed E-state index contributed by atoms with van der Waals surface area (Å²) in [6.07, 6.45) is 2.03. The number of halogens is 1. The molecule has 0 fully saturated rings. The number of aromatic nitrogens is 2. The van der Waals surface area contributed by atoms with Crippen molar-refractivity contribution in [3.05, 3.63) is 81.3 Å². The fourth-order valence-corrected chi connectivity index (χ4v) is 4.19. The van der Waals surface area contributed by atoms with Gasteiger partial charge in [0.1, 0.15) is 12.4 Å². The molecule has 138 valence electrons. The molecule has 0 aliphatic rings. The molecule has 27 heavy (non-hydrogen) atoms. The van der Waals surface area contributed by atoms with Crippen molar-refractivity contribution >= 4 is 34.4 Å². The van der Waals surface area contributed by atoms with E-state index in [1.807, 2.05) is 49.5 Å². The fourth-order valence-electron chi connectivity index (χ4n) is 3.22. The second-order valence-corrected chi connectivity index (χ2v) is 7.91. The van der Waals surface area contributed by atoms with Crippen molar-refractivity contribution in [3.63, 3.8) is 0 Å². The molecule has 0 saturated heterocycles. The normalized spacial score (nSPS) is 11.1. The lowest BCUT2D eigenvalue weighted by molar-refractivity contribution is 0.308. The highest BCUT2D eigenvalue weighted by Crippen LogP contribution is 2.29. The lowest BCUT2D eigenvalue weighted by Gasteiger charge is -2.19. The molecule has 4 nitrogen and oxygen atoms in total. The topological polar surface area (TPSA) is 29.8 Å². The van der Waals surface area contributed by atoms with Crippen LogP contribution < -0.4 is 9.64 Å². The van der Waals surface area contributed by atoms with Crippen LogP contribution in [0.25, 0.3) is 5.65 Å². The van der Waals surface area contributed by atoms with E-state index in [4.69, 9.17) is 21.3 Å². The minimum atomic E-state index is 0.451. The summed E-state index contributed by atoms with van der Waals surface area (Å²) >= 11 is 7.83. The molecule has 3 aromatic heterocycles. The average molecular weight is 398 g/mol. The van der Waals surface area contributed by atoms with Crippen LogP contribution in [0.5, 0.6) is 5.75 Å². The lowest BCUT2D eigenvalue weighted by Crippen LogP contribution is -2.18. The third-order valence-corrected chi connectivity index (χ3v) is 5.47. The molecule has 4 aromatic rings. The minimum absolute atomic E-state index is 0.451. The van der Waals surface area contributed by atoms with Crippen LogP contribution in [0.1, 0.15) is 16.1 Å². The van der Waals surface area contributed by atoms with Gasteiger partial charge in [-0.2, -0.15) is 0 Å². The second-order valence-electron chi connectivity index (χ2n) is 6.44. The van der Waals surface area contributed by atoms with Gasteiger partial charge in [-0.25, -0.2) is 4.98 Å². The van der Waals surface area contributed by atoms with Gasteiger partial charge in [-0.15, -0.1) is 11.3 Å². The van der Waals surface area contributed by atoms with Crippen molar-refractivity contribution in [2.45, 2.75) is 20.1 Å². The molecule has 0 atom stereocenters. The minimum Gasteiger partial charge on any atom is -0.485 e. The molecule has 0 aliphatic carbocycles. The van der Waals surface area contributed by atoms with E-state index >= 15 is 0 Å². The molecule has 0 bridgehead atoms. The zero-order valence-electron chi connectivity index (χ0n) is 15.2. The monoisotopic (exact) mass is 397 g/mol. The largest absolute Gasteiger partial charge is 0.485 e. The third kappa shape index (κ3) is 3.80. The first-order valence-electron chi connectivity index (χ1n) is 8.70. The van der Waals surface area contributed by atoms with Crippen LogP contribution in [0.4, 0.5) is 5.82 Å². The van der Waals surface area contributed by atoms with Crippen LogP contribution in [-0.4, -0.2) is 16.4 Å². The highest BCUT2D eigenvalue weighted by Gasteiger charge is 2.16. The number of hydrogen-bond acceptors (Lipinski definition) is 4. The molecule has 0 saturated carbocycles. The molecule has 0 aliphatic heterocycles. The van der Waals surface area contributed by atoms with Gasteiger partial charge >= 0.3 is 0 Å². The number of imidazole rings is 1. The smallest absolute Gasteiger partial charge is 0.181 e. The number of hydrogen-bond donors (Lipinski definition) is 0. The highest BCUT2D eigenvalue weighted by atomic mass is 35.5. The maximum Gasteiger partial charge on any atom is 0.181 e. The summed E-state index contributed by atoms with van der Waals surface area (Å²) in [6.45, 7) is 3.33. The van der Waals surface area contributed by atoms with Gasteiger partial charge < -0.3 is 9.64 Å². The molecule has 0 spiro atoms. The Bertz CT molecular complexity index is 1060. The Balaban J connectivity index is 1.62. The summed E-state index contributed by atoms with van der Waals surface area (Å²) < 4.78 is 8.15. The van der Waals surface area contributed by atoms with E-state index < -0.39 is 0 Å². The lowest BCUT2D eigenvalue weighted by atomic mass is 10.2. The predicted molar refractivity (Wildman–Crippen MR) is 112 cm³/mol. The number of benzene rings is 1. The van der Waals surface area contributed by atoms with Crippen molar-refractivity contribution in [1.82, 2.24) is 9.38 Å². The van der Waals surface area contributed by atoms with Gasteiger partial charge in [0.2, 0.25) is 0 Å². The van der Waals surface area contributed by atoms with Crippen LogP contribution in [0.15, 0.2) is 60.1 Å². The van der Waals surface area contributed by atoms with E-state index in [1.165, 1.54) is 4.88 Å². The summed E-state index contributed by atoms with van der Waals surface area (Å²) in [6, 6.07) is 15.9. The number of thiophene rings is 1. The van der Waals surface area contributed by atoms with E-state index in [0.29, 0.717) is 11.6 Å². The van der Waals surface area contributed by atoms with Crippen molar-refractivity contribution < 1.29 is 4.74 Å². The fraction of sp³-hybridized carbons (Fsp3) is 0.190. The van der Waals surface area contributed by atoms with E-state index in [1.54, 1.807) is 11.3 Å². The first kappa shape index (κ1) is 17.9. The van der Waals surface area contributed by atoms with Crippen LogP contribution in [-0.2, 0) is 13.2 Å². The summed E-state index contributed by atoms with van der Waals surface area (Å²) in [7, 11) is 2.09. The number of fused-ring (bicyclic) bond motifs is 1. The molecule has 0 N–H and O–H groups in total.